The molecule has 4 nitrogen and oxygen atoms in total. The Bertz CT molecular complexity index is 1060. The molecule has 0 aliphatic carbocycles. The van der Waals surface area contributed by atoms with Crippen molar-refractivity contribution in [3.05, 3.63) is 72.3 Å². The van der Waals surface area contributed by atoms with E-state index in [0.717, 1.165) is 33.3 Å². The van der Waals surface area contributed by atoms with Crippen molar-refractivity contribution in [1.29, 1.82) is 0 Å². The highest BCUT2D eigenvalue weighted by Gasteiger charge is 2.14. The lowest BCUT2D eigenvalue weighted by atomic mass is 9.97. The number of carbonyl (C=O) groups excluding carboxylic acids is 1. The first kappa shape index (κ1) is 16.4. The number of nitrogens with zero attached hydrogens (tertiary/aromatic N) is 2. The van der Waals surface area contributed by atoms with E-state index in [1.807, 2.05) is 30.3 Å². The molecule has 26 heavy (non-hydrogen) atoms. The quantitative estimate of drug-likeness (QED) is 0.469. The van der Waals surface area contributed by atoms with Crippen LogP contribution in [0.5, 0.6) is 0 Å². The Morgan fingerprint density at radius 1 is 0.846 bits per heavy atom. The first-order chi connectivity index (χ1) is 12.8. The van der Waals surface area contributed by atoms with Crippen LogP contribution in [-0.2, 0) is 4.74 Å². The van der Waals surface area contributed by atoms with Gasteiger partial charge in [-0.1, -0.05) is 54.6 Å². The second-order valence-corrected chi connectivity index (χ2v) is 6.31. The molecule has 5 heteroatoms. The van der Waals surface area contributed by atoms with Crippen molar-refractivity contribution in [1.82, 2.24) is 8.75 Å². The highest BCUT2D eigenvalue weighted by atomic mass is 32.1. The van der Waals surface area contributed by atoms with Crippen LogP contribution in [0.1, 0.15) is 17.3 Å². The maximum absolute atomic E-state index is 11.8. The van der Waals surface area contributed by atoms with Gasteiger partial charge in [0.25, 0.3) is 0 Å². The number of carbonyl (C=O) groups is 1. The number of esters is 1. The van der Waals surface area contributed by atoms with Gasteiger partial charge in [-0.05, 0) is 30.2 Å². The summed E-state index contributed by atoms with van der Waals surface area (Å²) in [4.78, 5) is 11.8. The zero-order chi connectivity index (χ0) is 17.9. The van der Waals surface area contributed by atoms with E-state index in [-0.39, 0.29) is 5.97 Å². The molecule has 0 radical (unpaired) electrons. The van der Waals surface area contributed by atoms with E-state index >= 15 is 0 Å². The Kier molecular flexibility index (Phi) is 4.46. The summed E-state index contributed by atoms with van der Waals surface area (Å²) < 4.78 is 14.1. The summed E-state index contributed by atoms with van der Waals surface area (Å²) >= 11 is 1.21. The third-order valence-electron chi connectivity index (χ3n) is 4.21. The average molecular weight is 360 g/mol. The van der Waals surface area contributed by atoms with Crippen LogP contribution in [0.15, 0.2) is 66.7 Å². The Labute approximate surface area is 155 Å². The summed E-state index contributed by atoms with van der Waals surface area (Å²) in [7, 11) is 0. The van der Waals surface area contributed by atoms with Crippen LogP contribution >= 0.6 is 11.7 Å². The molecule has 0 amide bonds. The summed E-state index contributed by atoms with van der Waals surface area (Å²) in [6.45, 7) is 2.17. The molecular formula is C21H16N2O2S. The average Bonchev–Trinajstić information content (AvgIpc) is 3.18. The molecular weight excluding hydrogens is 344 g/mol. The summed E-state index contributed by atoms with van der Waals surface area (Å²) in [5.74, 6) is -0.307. The lowest BCUT2D eigenvalue weighted by Crippen LogP contribution is -2.04. The lowest BCUT2D eigenvalue weighted by molar-refractivity contribution is 0.0526. The Hall–Kier alpha value is -3.05. The summed E-state index contributed by atoms with van der Waals surface area (Å²) in [5, 5.41) is 0. The van der Waals surface area contributed by atoms with Crippen molar-refractivity contribution >= 4 is 28.7 Å². The molecule has 1 heterocycles. The van der Waals surface area contributed by atoms with Gasteiger partial charge >= 0.3 is 5.97 Å². The minimum atomic E-state index is -0.307. The zero-order valence-corrected chi connectivity index (χ0v) is 15.0. The van der Waals surface area contributed by atoms with E-state index in [4.69, 9.17) is 4.74 Å². The third-order valence-corrected chi connectivity index (χ3v) is 4.74. The van der Waals surface area contributed by atoms with Crippen molar-refractivity contribution in [3.8, 4) is 22.3 Å². The highest BCUT2D eigenvalue weighted by Crippen LogP contribution is 2.34. The van der Waals surface area contributed by atoms with Gasteiger partial charge in [0.15, 0.2) is 0 Å². The number of ether oxygens (including phenoxy) is 1. The largest absolute Gasteiger partial charge is 0.462 e. The molecule has 0 saturated carbocycles. The van der Waals surface area contributed by atoms with Gasteiger partial charge in [-0.15, -0.1) is 0 Å². The topological polar surface area (TPSA) is 52.1 Å². The van der Waals surface area contributed by atoms with Gasteiger partial charge in [0.1, 0.15) is 11.0 Å². The zero-order valence-electron chi connectivity index (χ0n) is 14.2. The number of rotatable bonds is 4. The van der Waals surface area contributed by atoms with Crippen molar-refractivity contribution in [2.45, 2.75) is 6.92 Å². The number of hydrogen-bond acceptors (Lipinski definition) is 5. The molecule has 4 aromatic rings. The van der Waals surface area contributed by atoms with Crippen molar-refractivity contribution in [2.24, 2.45) is 0 Å². The van der Waals surface area contributed by atoms with E-state index in [0.29, 0.717) is 12.2 Å². The Morgan fingerprint density at radius 3 is 2.00 bits per heavy atom. The SMILES string of the molecule is CCOC(=O)c1ccc(-c2ccc(-c3ccccc3)c3nsnc23)cc1. The maximum atomic E-state index is 11.8. The lowest BCUT2D eigenvalue weighted by Gasteiger charge is -2.08. The third kappa shape index (κ3) is 2.97. The van der Waals surface area contributed by atoms with Crippen LogP contribution in [0.25, 0.3) is 33.3 Å². The molecule has 0 spiro atoms. The highest BCUT2D eigenvalue weighted by molar-refractivity contribution is 7.00. The van der Waals surface area contributed by atoms with Crippen LogP contribution in [0.3, 0.4) is 0 Å². The summed E-state index contributed by atoms with van der Waals surface area (Å²) in [6.07, 6.45) is 0. The van der Waals surface area contributed by atoms with Gasteiger partial charge in [-0.25, -0.2) is 4.79 Å². The van der Waals surface area contributed by atoms with E-state index in [1.54, 1.807) is 19.1 Å². The summed E-state index contributed by atoms with van der Waals surface area (Å²) in [5.41, 5.74) is 6.51. The Morgan fingerprint density at radius 2 is 1.42 bits per heavy atom. The van der Waals surface area contributed by atoms with E-state index in [9.17, 15) is 4.79 Å². The van der Waals surface area contributed by atoms with Crippen LogP contribution in [0.2, 0.25) is 0 Å². The Balaban J connectivity index is 1.77. The van der Waals surface area contributed by atoms with E-state index < -0.39 is 0 Å². The fraction of sp³-hybridized carbons (Fsp3) is 0.0952. The molecule has 0 atom stereocenters. The first-order valence-corrected chi connectivity index (χ1v) is 9.09. The van der Waals surface area contributed by atoms with Gasteiger partial charge in [0.2, 0.25) is 0 Å². The van der Waals surface area contributed by atoms with Crippen molar-refractivity contribution < 1.29 is 9.53 Å². The van der Waals surface area contributed by atoms with Gasteiger partial charge in [0, 0.05) is 11.1 Å². The minimum Gasteiger partial charge on any atom is -0.462 e. The van der Waals surface area contributed by atoms with Crippen LogP contribution in [-0.4, -0.2) is 21.3 Å². The van der Waals surface area contributed by atoms with E-state index in [2.05, 4.69) is 33.0 Å². The normalized spacial score (nSPS) is 10.8. The first-order valence-electron chi connectivity index (χ1n) is 8.36. The number of benzene rings is 3. The van der Waals surface area contributed by atoms with Crippen LogP contribution in [0, 0.1) is 0 Å². The fourth-order valence-corrected chi connectivity index (χ4v) is 3.52. The van der Waals surface area contributed by atoms with Crippen molar-refractivity contribution in [3.63, 3.8) is 0 Å². The molecule has 0 saturated heterocycles. The van der Waals surface area contributed by atoms with Gasteiger partial charge in [-0.2, -0.15) is 8.75 Å². The predicted octanol–water partition coefficient (Wildman–Crippen LogP) is 5.20. The smallest absolute Gasteiger partial charge is 0.338 e. The standard InChI is InChI=1S/C21H16N2O2S/c1-2-25-21(24)16-10-8-15(9-11-16)18-13-12-17(14-6-4-3-5-7-14)19-20(18)23-26-22-19/h3-13H,2H2,1H3. The van der Waals surface area contributed by atoms with Crippen molar-refractivity contribution in [2.75, 3.05) is 6.61 Å². The minimum absolute atomic E-state index is 0.307. The number of fused-ring (bicyclic) bond motifs is 1. The maximum Gasteiger partial charge on any atom is 0.338 e. The molecule has 0 unspecified atom stereocenters. The van der Waals surface area contributed by atoms with E-state index in [1.165, 1.54) is 11.7 Å². The second-order valence-electron chi connectivity index (χ2n) is 5.79. The van der Waals surface area contributed by atoms with Crippen LogP contribution < -0.4 is 0 Å². The van der Waals surface area contributed by atoms with Gasteiger partial charge in [0.05, 0.1) is 23.9 Å². The molecule has 4 rings (SSSR count). The summed E-state index contributed by atoms with van der Waals surface area (Å²) in [6, 6.07) is 21.7. The fourth-order valence-electron chi connectivity index (χ4n) is 2.95. The predicted molar refractivity (Wildman–Crippen MR) is 104 cm³/mol. The second kappa shape index (κ2) is 7.06. The number of aromatic nitrogens is 2. The van der Waals surface area contributed by atoms with Crippen LogP contribution in [0.4, 0.5) is 0 Å². The molecule has 0 aliphatic rings. The molecule has 0 bridgehead atoms. The van der Waals surface area contributed by atoms with Gasteiger partial charge < -0.3 is 4.74 Å². The monoisotopic (exact) mass is 360 g/mol. The molecule has 1 aromatic heterocycles. The molecule has 0 fully saturated rings. The molecule has 0 aliphatic heterocycles. The number of hydrogen-bond donors (Lipinski definition) is 0. The van der Waals surface area contributed by atoms with Gasteiger partial charge in [-0.3, -0.25) is 0 Å². The molecule has 128 valence electrons. The molecule has 0 N–H and O–H groups in total. The molecule has 3 aromatic carbocycles.